The van der Waals surface area contributed by atoms with Gasteiger partial charge in [0.2, 0.25) is 11.8 Å². The van der Waals surface area contributed by atoms with Gasteiger partial charge in [-0.15, -0.1) is 11.3 Å². The predicted molar refractivity (Wildman–Crippen MR) is 118 cm³/mol. The lowest BCUT2D eigenvalue weighted by molar-refractivity contribution is -0.131. The number of aliphatic hydroxyl groups is 1. The van der Waals surface area contributed by atoms with E-state index in [2.05, 4.69) is 16.7 Å². The molecular weight excluding hydrogens is 420 g/mol. The highest BCUT2D eigenvalue weighted by Gasteiger charge is 2.50. The summed E-state index contributed by atoms with van der Waals surface area (Å²) in [6, 6.07) is 13.2. The van der Waals surface area contributed by atoms with E-state index in [1.807, 2.05) is 42.6 Å². The number of anilines is 1. The molecule has 0 fully saturated rings. The second kappa shape index (κ2) is 8.92. The molecule has 1 aliphatic heterocycles. The molecule has 7 nitrogen and oxygen atoms in total. The highest BCUT2D eigenvalue weighted by Crippen LogP contribution is 2.46. The van der Waals surface area contributed by atoms with E-state index in [9.17, 15) is 20.0 Å². The van der Waals surface area contributed by atoms with Crippen molar-refractivity contribution in [3.05, 3.63) is 62.8 Å². The summed E-state index contributed by atoms with van der Waals surface area (Å²) in [6.45, 7) is 3.37. The van der Waals surface area contributed by atoms with Gasteiger partial charge in [-0.25, -0.2) is 0 Å². The van der Waals surface area contributed by atoms with Crippen LogP contribution in [0.4, 0.5) is 5.69 Å². The maximum Gasteiger partial charge on any atom is 0.233 e. The number of hydrogen-bond acceptors (Lipinski definition) is 7. The maximum atomic E-state index is 13.4. The number of nitrogens with zero attached hydrogens (tertiary/aromatic N) is 1. The third-order valence-corrected chi connectivity index (χ3v) is 6.87. The second-order valence-electron chi connectivity index (χ2n) is 7.16. The molecule has 0 saturated carbocycles. The lowest BCUT2D eigenvalue weighted by Crippen LogP contribution is -2.57. The Kier molecular flexibility index (Phi) is 6.51. The number of nitrogens with one attached hydrogen (secondary N) is 2. The Morgan fingerprint density at radius 1 is 1.37 bits per heavy atom. The fraction of sp³-hybridized carbons (Fsp3) is 0.286. The largest absolute Gasteiger partial charge is 0.370 e. The number of thiophene rings is 1. The molecule has 2 heterocycles. The van der Waals surface area contributed by atoms with Gasteiger partial charge < -0.3 is 21.5 Å². The van der Waals surface area contributed by atoms with Crippen molar-refractivity contribution in [2.45, 2.75) is 25.5 Å². The van der Waals surface area contributed by atoms with E-state index in [-0.39, 0.29) is 5.75 Å². The van der Waals surface area contributed by atoms with Crippen LogP contribution in [-0.4, -0.2) is 28.4 Å². The first-order chi connectivity index (χ1) is 14.2. The Balaban J connectivity index is 2.06. The predicted octanol–water partition coefficient (Wildman–Crippen LogP) is 2.66. The van der Waals surface area contributed by atoms with Crippen LogP contribution in [0.2, 0.25) is 0 Å². The number of nitriles is 1. The molecular formula is C21H22N4O3S2. The fourth-order valence-electron chi connectivity index (χ4n) is 3.49. The number of benzene rings is 1. The molecule has 30 heavy (non-hydrogen) atoms. The fourth-order valence-corrected chi connectivity index (χ4v) is 5.26. The van der Waals surface area contributed by atoms with Crippen molar-refractivity contribution in [1.29, 1.82) is 5.26 Å². The maximum absolute atomic E-state index is 13.4. The molecule has 156 valence electrons. The minimum Gasteiger partial charge on any atom is -0.370 e. The second-order valence-corrected chi connectivity index (χ2v) is 9.12. The number of thioether (sulfide) groups is 1. The van der Waals surface area contributed by atoms with Crippen LogP contribution < -0.4 is 16.4 Å². The lowest BCUT2D eigenvalue weighted by atomic mass is 9.76. The van der Waals surface area contributed by atoms with Crippen LogP contribution in [0.25, 0.3) is 0 Å². The van der Waals surface area contributed by atoms with Crippen LogP contribution in [0.3, 0.4) is 0 Å². The first-order valence-corrected chi connectivity index (χ1v) is 11.1. The van der Waals surface area contributed by atoms with Crippen LogP contribution in [0.15, 0.2) is 52.4 Å². The topological polar surface area (TPSA) is 128 Å². The Morgan fingerprint density at radius 2 is 2.10 bits per heavy atom. The first kappa shape index (κ1) is 21.9. The Morgan fingerprint density at radius 3 is 2.70 bits per heavy atom. The molecule has 3 rings (SSSR count). The Labute approximate surface area is 183 Å². The summed E-state index contributed by atoms with van der Waals surface area (Å²) in [7, 11) is 0. The van der Waals surface area contributed by atoms with Crippen molar-refractivity contribution in [3.8, 4) is 6.07 Å². The highest BCUT2D eigenvalue weighted by molar-refractivity contribution is 8.03. The van der Waals surface area contributed by atoms with Gasteiger partial charge in [0.05, 0.1) is 28.3 Å². The van der Waals surface area contributed by atoms with Gasteiger partial charge in [-0.3, -0.25) is 9.59 Å². The van der Waals surface area contributed by atoms with Crippen molar-refractivity contribution >= 4 is 40.6 Å². The van der Waals surface area contributed by atoms with Gasteiger partial charge in [0.1, 0.15) is 5.72 Å². The molecule has 0 radical (unpaired) electrons. The molecule has 2 amide bonds. The number of hydrogen-bond donors (Lipinski definition) is 4. The van der Waals surface area contributed by atoms with Crippen molar-refractivity contribution < 1.29 is 14.7 Å². The molecule has 1 aromatic carbocycles. The summed E-state index contributed by atoms with van der Waals surface area (Å²) >= 11 is 2.45. The first-order valence-electron chi connectivity index (χ1n) is 9.20. The minimum absolute atomic E-state index is 0.0547. The van der Waals surface area contributed by atoms with Gasteiger partial charge >= 0.3 is 0 Å². The summed E-state index contributed by atoms with van der Waals surface area (Å²) in [5, 5.41) is 29.1. The Hall–Kier alpha value is -2.80. The van der Waals surface area contributed by atoms with E-state index in [0.717, 1.165) is 22.2 Å². The van der Waals surface area contributed by atoms with E-state index < -0.39 is 29.4 Å². The molecule has 5 N–H and O–H groups in total. The van der Waals surface area contributed by atoms with Gasteiger partial charge in [0, 0.05) is 16.5 Å². The van der Waals surface area contributed by atoms with Gasteiger partial charge in [0.15, 0.2) is 0 Å². The van der Waals surface area contributed by atoms with Crippen molar-refractivity contribution in [1.82, 2.24) is 5.32 Å². The van der Waals surface area contributed by atoms with Crippen LogP contribution in [0.1, 0.15) is 23.3 Å². The number of rotatable bonds is 6. The molecule has 2 aromatic rings. The molecule has 3 atom stereocenters. The number of amides is 2. The van der Waals surface area contributed by atoms with Crippen LogP contribution >= 0.6 is 23.1 Å². The average Bonchev–Trinajstić information content (AvgIpc) is 3.21. The number of carbonyl (C=O) groups is 2. The lowest BCUT2D eigenvalue weighted by Gasteiger charge is -2.43. The third kappa shape index (κ3) is 4.51. The van der Waals surface area contributed by atoms with Gasteiger partial charge in [-0.1, -0.05) is 36.0 Å². The number of aryl methyl sites for hydroxylation is 1. The van der Waals surface area contributed by atoms with Crippen LogP contribution in [0.5, 0.6) is 0 Å². The molecule has 0 saturated heterocycles. The summed E-state index contributed by atoms with van der Waals surface area (Å²) in [6.07, 6.45) is 0. The third-order valence-electron chi connectivity index (χ3n) is 4.88. The van der Waals surface area contributed by atoms with E-state index in [0.29, 0.717) is 16.3 Å². The molecule has 0 unspecified atom stereocenters. The normalized spacial score (nSPS) is 23.4. The molecule has 0 bridgehead atoms. The number of primary amides is 1. The molecule has 0 aliphatic carbocycles. The number of allylic oxidation sites excluding steroid dienone is 1. The SMILES string of the molecule is Cc1ccccc1NC(=O)[C@@H]1[C@H](c2cccs2)C(C#N)=C(SCC(N)=O)N[C@@]1(C)O. The molecule has 1 aliphatic rings. The monoisotopic (exact) mass is 442 g/mol. The molecule has 9 heteroatoms. The quantitative estimate of drug-likeness (QED) is 0.544. The average molecular weight is 443 g/mol. The van der Waals surface area contributed by atoms with Crippen molar-refractivity contribution in [2.24, 2.45) is 11.7 Å². The van der Waals surface area contributed by atoms with Crippen LogP contribution in [0, 0.1) is 24.2 Å². The molecule has 1 aromatic heterocycles. The van der Waals surface area contributed by atoms with Crippen molar-refractivity contribution in [2.75, 3.05) is 11.1 Å². The number of para-hydroxylation sites is 1. The summed E-state index contributed by atoms with van der Waals surface area (Å²) in [4.78, 5) is 25.4. The number of nitrogens with two attached hydrogens (primary N) is 1. The van der Waals surface area contributed by atoms with E-state index in [4.69, 9.17) is 5.73 Å². The van der Waals surface area contributed by atoms with Gasteiger partial charge in [-0.2, -0.15) is 5.26 Å². The van der Waals surface area contributed by atoms with Gasteiger partial charge in [0.25, 0.3) is 0 Å². The molecule has 0 spiro atoms. The zero-order chi connectivity index (χ0) is 21.9. The summed E-state index contributed by atoms with van der Waals surface area (Å²) < 4.78 is 0. The zero-order valence-corrected chi connectivity index (χ0v) is 18.1. The Bertz CT molecular complexity index is 1030. The highest BCUT2D eigenvalue weighted by atomic mass is 32.2. The number of carbonyl (C=O) groups excluding carboxylic acids is 2. The summed E-state index contributed by atoms with van der Waals surface area (Å²) in [5.74, 6) is -2.67. The van der Waals surface area contributed by atoms with Crippen molar-refractivity contribution in [3.63, 3.8) is 0 Å². The standard InChI is InChI=1S/C21H22N4O3S2/c1-12-6-3-4-7-14(12)24-19(27)18-17(15-8-5-9-29-15)13(10-22)20(25-21(18,2)28)30-11-16(23)26/h3-9,17-18,25,28H,11H2,1-2H3,(H2,23,26)(H,24,27)/t17-,18-,21-/m0/s1. The van der Waals surface area contributed by atoms with Gasteiger partial charge in [-0.05, 0) is 36.9 Å². The zero-order valence-electron chi connectivity index (χ0n) is 16.5. The van der Waals surface area contributed by atoms with Crippen LogP contribution in [-0.2, 0) is 9.59 Å². The minimum atomic E-state index is -1.66. The van der Waals surface area contributed by atoms with E-state index in [1.165, 1.54) is 18.3 Å². The smallest absolute Gasteiger partial charge is 0.233 e. The van der Waals surface area contributed by atoms with E-state index in [1.54, 1.807) is 6.07 Å². The van der Waals surface area contributed by atoms with E-state index >= 15 is 0 Å². The summed E-state index contributed by atoms with van der Waals surface area (Å²) in [5.41, 5.74) is 5.40.